The van der Waals surface area contributed by atoms with Gasteiger partial charge in [0, 0.05) is 23.1 Å². The summed E-state index contributed by atoms with van der Waals surface area (Å²) in [7, 11) is 2.05. The first-order valence-electron chi connectivity index (χ1n) is 6.55. The number of rotatable bonds is 2. The van der Waals surface area contributed by atoms with Gasteiger partial charge < -0.3 is 10.3 Å². The molecule has 1 aromatic heterocycles. The van der Waals surface area contributed by atoms with E-state index < -0.39 is 0 Å². The van der Waals surface area contributed by atoms with Gasteiger partial charge in [-0.05, 0) is 56.8 Å². The highest BCUT2D eigenvalue weighted by Crippen LogP contribution is 2.36. The van der Waals surface area contributed by atoms with Gasteiger partial charge in [-0.25, -0.2) is 0 Å². The number of hydrogen-bond donors (Lipinski definition) is 2. The molecule has 0 saturated carbocycles. The zero-order chi connectivity index (χ0) is 11.8. The van der Waals surface area contributed by atoms with Gasteiger partial charge in [0.2, 0.25) is 0 Å². The van der Waals surface area contributed by atoms with Crippen molar-refractivity contribution < 1.29 is 0 Å². The minimum Gasteiger partial charge on any atom is -0.358 e. The van der Waals surface area contributed by atoms with E-state index in [-0.39, 0.29) is 0 Å². The zero-order valence-electron chi connectivity index (χ0n) is 10.6. The average Bonchev–Trinajstić information content (AvgIpc) is 2.68. The summed E-state index contributed by atoms with van der Waals surface area (Å²) in [4.78, 5) is 3.60. The van der Waals surface area contributed by atoms with E-state index in [1.54, 1.807) is 5.56 Å². The highest BCUT2D eigenvalue weighted by Gasteiger charge is 2.23. The Balaban J connectivity index is 2.18. The first-order valence-corrected chi connectivity index (χ1v) is 6.55. The lowest BCUT2D eigenvalue weighted by atomic mass is 9.85. The van der Waals surface area contributed by atoms with Gasteiger partial charge in [-0.3, -0.25) is 0 Å². The topological polar surface area (TPSA) is 27.8 Å². The smallest absolute Gasteiger partial charge is 0.0459 e. The van der Waals surface area contributed by atoms with E-state index in [2.05, 4.69) is 35.4 Å². The summed E-state index contributed by atoms with van der Waals surface area (Å²) in [6.45, 7) is 3.27. The molecule has 0 fully saturated rings. The normalized spacial score (nSPS) is 19.5. The van der Waals surface area contributed by atoms with Crippen LogP contribution in [0.25, 0.3) is 10.9 Å². The Morgan fingerprint density at radius 2 is 2.29 bits per heavy atom. The minimum absolute atomic E-state index is 0.680. The quantitative estimate of drug-likeness (QED) is 0.812. The number of hydrogen-bond acceptors (Lipinski definition) is 1. The van der Waals surface area contributed by atoms with E-state index in [0.717, 1.165) is 6.54 Å². The summed E-state index contributed by atoms with van der Waals surface area (Å²) >= 11 is 0. The number of aryl methyl sites for hydroxylation is 2. The number of fused-ring (bicyclic) bond motifs is 3. The lowest BCUT2D eigenvalue weighted by Crippen LogP contribution is -2.20. The molecule has 1 atom stereocenters. The van der Waals surface area contributed by atoms with E-state index in [1.165, 1.54) is 41.4 Å². The Morgan fingerprint density at radius 3 is 3.12 bits per heavy atom. The second-order valence-corrected chi connectivity index (χ2v) is 5.21. The van der Waals surface area contributed by atoms with Crippen LogP contribution in [0.15, 0.2) is 18.2 Å². The van der Waals surface area contributed by atoms with E-state index >= 15 is 0 Å². The summed E-state index contributed by atoms with van der Waals surface area (Å²) in [5.74, 6) is 0.680. The highest BCUT2D eigenvalue weighted by atomic mass is 14.8. The molecule has 0 spiro atoms. The second kappa shape index (κ2) is 4.19. The van der Waals surface area contributed by atoms with Crippen molar-refractivity contribution in [2.45, 2.75) is 32.1 Å². The van der Waals surface area contributed by atoms with Crippen LogP contribution in [-0.4, -0.2) is 18.6 Å². The van der Waals surface area contributed by atoms with Crippen LogP contribution in [0.4, 0.5) is 0 Å². The largest absolute Gasteiger partial charge is 0.358 e. The molecule has 0 amide bonds. The molecule has 1 heterocycles. The van der Waals surface area contributed by atoms with Crippen molar-refractivity contribution in [1.82, 2.24) is 10.3 Å². The monoisotopic (exact) mass is 228 g/mol. The molecule has 0 saturated heterocycles. The molecule has 0 aliphatic heterocycles. The SMILES string of the molecule is CNCC1CCCc2[nH]c3ccc(C)cc3c21. The van der Waals surface area contributed by atoms with Crippen molar-refractivity contribution in [2.24, 2.45) is 0 Å². The summed E-state index contributed by atoms with van der Waals surface area (Å²) < 4.78 is 0. The van der Waals surface area contributed by atoms with Crippen molar-refractivity contribution in [3.05, 3.63) is 35.0 Å². The molecule has 1 aliphatic rings. The third kappa shape index (κ3) is 1.77. The fourth-order valence-corrected chi connectivity index (χ4v) is 3.17. The van der Waals surface area contributed by atoms with Crippen LogP contribution in [0.1, 0.15) is 35.6 Å². The summed E-state index contributed by atoms with van der Waals surface area (Å²) in [5.41, 5.74) is 5.71. The molecular weight excluding hydrogens is 208 g/mol. The van der Waals surface area contributed by atoms with Crippen molar-refractivity contribution in [1.29, 1.82) is 0 Å². The standard InChI is InChI=1S/C15H20N2/c1-10-6-7-13-12(8-10)15-11(9-16-2)4-3-5-14(15)17-13/h6-8,11,16-17H,3-5,9H2,1-2H3. The number of H-pyrrole nitrogens is 1. The Labute approximate surface area is 102 Å². The summed E-state index contributed by atoms with van der Waals surface area (Å²) in [6, 6.07) is 6.75. The van der Waals surface area contributed by atoms with Gasteiger partial charge in [0.1, 0.15) is 0 Å². The molecule has 90 valence electrons. The van der Waals surface area contributed by atoms with Gasteiger partial charge in [-0.2, -0.15) is 0 Å². The lowest BCUT2D eigenvalue weighted by molar-refractivity contribution is 0.529. The number of aromatic nitrogens is 1. The Morgan fingerprint density at radius 1 is 1.41 bits per heavy atom. The van der Waals surface area contributed by atoms with E-state index in [0.29, 0.717) is 5.92 Å². The van der Waals surface area contributed by atoms with Crippen LogP contribution in [0, 0.1) is 6.92 Å². The molecule has 3 rings (SSSR count). The molecule has 1 unspecified atom stereocenters. The second-order valence-electron chi connectivity index (χ2n) is 5.21. The molecule has 1 aromatic carbocycles. The predicted octanol–water partition coefficient (Wildman–Crippen LogP) is 3.12. The van der Waals surface area contributed by atoms with E-state index in [9.17, 15) is 0 Å². The number of benzene rings is 1. The molecule has 2 heteroatoms. The average molecular weight is 228 g/mol. The zero-order valence-corrected chi connectivity index (χ0v) is 10.6. The number of likely N-dealkylation sites (N-methyl/N-ethyl adjacent to an activating group) is 1. The first-order chi connectivity index (χ1) is 8.29. The van der Waals surface area contributed by atoms with Crippen molar-refractivity contribution in [3.63, 3.8) is 0 Å². The minimum atomic E-state index is 0.680. The van der Waals surface area contributed by atoms with Crippen LogP contribution in [0.2, 0.25) is 0 Å². The van der Waals surface area contributed by atoms with Crippen LogP contribution < -0.4 is 5.32 Å². The van der Waals surface area contributed by atoms with E-state index in [4.69, 9.17) is 0 Å². The van der Waals surface area contributed by atoms with Crippen LogP contribution >= 0.6 is 0 Å². The van der Waals surface area contributed by atoms with Gasteiger partial charge in [0.05, 0.1) is 0 Å². The molecule has 2 nitrogen and oxygen atoms in total. The third-order valence-electron chi connectivity index (χ3n) is 3.91. The maximum absolute atomic E-state index is 3.60. The number of nitrogens with one attached hydrogen (secondary N) is 2. The fourth-order valence-electron chi connectivity index (χ4n) is 3.17. The molecule has 17 heavy (non-hydrogen) atoms. The summed E-state index contributed by atoms with van der Waals surface area (Å²) in [6.07, 6.45) is 3.84. The number of aromatic amines is 1. The fraction of sp³-hybridized carbons (Fsp3) is 0.467. The van der Waals surface area contributed by atoms with Crippen LogP contribution in [-0.2, 0) is 6.42 Å². The van der Waals surface area contributed by atoms with Gasteiger partial charge >= 0.3 is 0 Å². The van der Waals surface area contributed by atoms with Gasteiger partial charge in [-0.1, -0.05) is 11.6 Å². The maximum atomic E-state index is 3.60. The van der Waals surface area contributed by atoms with Crippen molar-refractivity contribution >= 4 is 10.9 Å². The van der Waals surface area contributed by atoms with Gasteiger partial charge in [0.25, 0.3) is 0 Å². The van der Waals surface area contributed by atoms with Crippen molar-refractivity contribution in [3.8, 4) is 0 Å². The van der Waals surface area contributed by atoms with Gasteiger partial charge in [0.15, 0.2) is 0 Å². The summed E-state index contributed by atoms with van der Waals surface area (Å²) in [5, 5.41) is 4.78. The Hall–Kier alpha value is -1.28. The van der Waals surface area contributed by atoms with Crippen LogP contribution in [0.3, 0.4) is 0 Å². The molecule has 1 aliphatic carbocycles. The van der Waals surface area contributed by atoms with E-state index in [1.807, 2.05) is 7.05 Å². The highest BCUT2D eigenvalue weighted by molar-refractivity contribution is 5.86. The Bertz CT molecular complexity index is 539. The molecular formula is C15H20N2. The first kappa shape index (κ1) is 10.8. The van der Waals surface area contributed by atoms with Crippen molar-refractivity contribution in [2.75, 3.05) is 13.6 Å². The molecule has 2 N–H and O–H groups in total. The predicted molar refractivity (Wildman–Crippen MR) is 72.6 cm³/mol. The Kier molecular flexibility index (Phi) is 2.67. The van der Waals surface area contributed by atoms with Crippen LogP contribution in [0.5, 0.6) is 0 Å². The molecule has 0 radical (unpaired) electrons. The maximum Gasteiger partial charge on any atom is 0.0459 e. The molecule has 0 bridgehead atoms. The van der Waals surface area contributed by atoms with Gasteiger partial charge in [-0.15, -0.1) is 0 Å². The third-order valence-corrected chi connectivity index (χ3v) is 3.91. The molecule has 2 aromatic rings. The lowest BCUT2D eigenvalue weighted by Gasteiger charge is -2.22.